The maximum atomic E-state index is 12.9. The predicted molar refractivity (Wildman–Crippen MR) is 123 cm³/mol. The van der Waals surface area contributed by atoms with Crippen LogP contribution < -0.4 is 5.32 Å². The number of nitrogens with one attached hydrogen (secondary N) is 1. The summed E-state index contributed by atoms with van der Waals surface area (Å²) in [5.74, 6) is 0.351. The number of carbonyl (C=O) groups is 1. The number of hydrogen-bond donors (Lipinski definition) is 2. The Labute approximate surface area is 188 Å². The zero-order valence-corrected chi connectivity index (χ0v) is 18.3. The van der Waals surface area contributed by atoms with Gasteiger partial charge in [0.2, 0.25) is 0 Å². The third kappa shape index (κ3) is 4.46. The largest absolute Gasteiger partial charge is 0.391 e. The van der Waals surface area contributed by atoms with Crippen molar-refractivity contribution in [1.29, 1.82) is 0 Å². The minimum Gasteiger partial charge on any atom is -0.391 e. The summed E-state index contributed by atoms with van der Waals surface area (Å²) in [5, 5.41) is 17.5. The van der Waals surface area contributed by atoms with Gasteiger partial charge in [0.25, 0.3) is 5.91 Å². The van der Waals surface area contributed by atoms with E-state index >= 15 is 0 Å². The molecule has 1 aromatic carbocycles. The number of rotatable bonds is 6. The number of benzene rings is 1. The van der Waals surface area contributed by atoms with Gasteiger partial charge in [-0.05, 0) is 79.0 Å². The molecule has 2 heterocycles. The summed E-state index contributed by atoms with van der Waals surface area (Å²) in [4.78, 5) is 17.4. The van der Waals surface area contributed by atoms with Crippen LogP contribution in [0.3, 0.4) is 0 Å². The van der Waals surface area contributed by atoms with Gasteiger partial charge in [-0.2, -0.15) is 5.10 Å². The molecule has 0 saturated heterocycles. The molecule has 2 aliphatic carbocycles. The first-order valence-electron chi connectivity index (χ1n) is 11.7. The smallest absolute Gasteiger partial charge is 0.270 e. The molecule has 2 N–H and O–H groups in total. The van der Waals surface area contributed by atoms with Gasteiger partial charge in [0, 0.05) is 18.6 Å². The van der Waals surface area contributed by atoms with Gasteiger partial charge in [0.05, 0.1) is 17.8 Å². The lowest BCUT2D eigenvalue weighted by Gasteiger charge is -2.29. The Balaban J connectivity index is 1.36. The molecule has 6 heteroatoms. The van der Waals surface area contributed by atoms with E-state index in [9.17, 15) is 9.90 Å². The molecule has 2 aliphatic rings. The topological polar surface area (TPSA) is 80.0 Å². The van der Waals surface area contributed by atoms with Crippen LogP contribution in [0.4, 0.5) is 0 Å². The molecule has 0 spiro atoms. The van der Waals surface area contributed by atoms with Crippen molar-refractivity contribution >= 4 is 5.91 Å². The average Bonchev–Trinajstić information content (AvgIpc) is 3.31. The molecule has 166 valence electrons. The molecular formula is C26H30N4O2. The van der Waals surface area contributed by atoms with Gasteiger partial charge in [0.15, 0.2) is 0 Å². The van der Waals surface area contributed by atoms with E-state index in [1.807, 2.05) is 29.2 Å². The molecule has 3 aromatic rings. The van der Waals surface area contributed by atoms with Crippen molar-refractivity contribution in [1.82, 2.24) is 20.1 Å². The van der Waals surface area contributed by atoms with Crippen LogP contribution in [0.2, 0.25) is 0 Å². The van der Waals surface area contributed by atoms with Crippen LogP contribution in [-0.2, 0) is 6.42 Å². The van der Waals surface area contributed by atoms with E-state index in [2.05, 4.69) is 39.7 Å². The highest BCUT2D eigenvalue weighted by atomic mass is 16.3. The second-order valence-corrected chi connectivity index (χ2v) is 9.12. The fraction of sp³-hybridized carbons (Fsp3) is 0.423. The molecular weight excluding hydrogens is 400 g/mol. The number of carbonyl (C=O) groups excluding carboxylic acids is 1. The highest BCUT2D eigenvalue weighted by Crippen LogP contribution is 2.38. The summed E-state index contributed by atoms with van der Waals surface area (Å²) in [5.41, 5.74) is 5.10. The summed E-state index contributed by atoms with van der Waals surface area (Å²) in [6.07, 6.45) is 13.2. The summed E-state index contributed by atoms with van der Waals surface area (Å²) in [6.45, 7) is 0. The number of amides is 1. The van der Waals surface area contributed by atoms with Crippen LogP contribution >= 0.6 is 0 Å². The monoisotopic (exact) mass is 430 g/mol. The third-order valence-electron chi connectivity index (χ3n) is 6.95. The SMILES string of the molecule is O=C(N[C@H]1CCCC[C@@H]1O)c1cc(Cc2ccc(-n3cccn3)cc2)c(C2CCC2)cn1. The van der Waals surface area contributed by atoms with Gasteiger partial charge < -0.3 is 10.4 Å². The lowest BCUT2D eigenvalue weighted by molar-refractivity contribution is 0.0713. The number of hydrogen-bond acceptors (Lipinski definition) is 4. The maximum absolute atomic E-state index is 12.9. The Kier molecular flexibility index (Phi) is 6.04. The molecule has 5 rings (SSSR count). The minimum atomic E-state index is -0.463. The molecule has 2 fully saturated rings. The molecule has 1 amide bonds. The predicted octanol–water partition coefficient (Wildman–Crippen LogP) is 4.16. The van der Waals surface area contributed by atoms with Crippen LogP contribution in [0, 0.1) is 0 Å². The van der Waals surface area contributed by atoms with Crippen molar-refractivity contribution in [3.63, 3.8) is 0 Å². The summed E-state index contributed by atoms with van der Waals surface area (Å²) in [7, 11) is 0. The number of aliphatic hydroxyl groups excluding tert-OH is 1. The molecule has 0 unspecified atom stereocenters. The lowest BCUT2D eigenvalue weighted by atomic mass is 9.78. The zero-order valence-electron chi connectivity index (χ0n) is 18.3. The van der Waals surface area contributed by atoms with E-state index in [-0.39, 0.29) is 11.9 Å². The van der Waals surface area contributed by atoms with Crippen LogP contribution in [0.1, 0.15) is 78.0 Å². The normalized spacial score (nSPS) is 21.2. The van der Waals surface area contributed by atoms with E-state index in [4.69, 9.17) is 0 Å². The second kappa shape index (κ2) is 9.25. The molecule has 0 aliphatic heterocycles. The average molecular weight is 431 g/mol. The van der Waals surface area contributed by atoms with Gasteiger partial charge in [-0.15, -0.1) is 0 Å². The van der Waals surface area contributed by atoms with Gasteiger partial charge in [-0.3, -0.25) is 9.78 Å². The van der Waals surface area contributed by atoms with E-state index in [0.29, 0.717) is 11.6 Å². The van der Waals surface area contributed by atoms with Crippen molar-refractivity contribution in [3.8, 4) is 5.69 Å². The van der Waals surface area contributed by atoms with Crippen molar-refractivity contribution in [2.75, 3.05) is 0 Å². The van der Waals surface area contributed by atoms with Gasteiger partial charge >= 0.3 is 0 Å². The molecule has 0 radical (unpaired) electrons. The van der Waals surface area contributed by atoms with E-state index < -0.39 is 6.10 Å². The quantitative estimate of drug-likeness (QED) is 0.615. The first-order chi connectivity index (χ1) is 15.7. The van der Waals surface area contributed by atoms with E-state index in [1.54, 1.807) is 6.20 Å². The Hall–Kier alpha value is -2.99. The molecule has 0 bridgehead atoms. The molecule has 2 atom stereocenters. The molecule has 2 saturated carbocycles. The fourth-order valence-electron chi connectivity index (χ4n) is 4.80. The minimum absolute atomic E-state index is 0.178. The molecule has 32 heavy (non-hydrogen) atoms. The van der Waals surface area contributed by atoms with Gasteiger partial charge in [-0.1, -0.05) is 31.4 Å². The Morgan fingerprint density at radius 3 is 2.59 bits per heavy atom. The highest BCUT2D eigenvalue weighted by molar-refractivity contribution is 5.92. The highest BCUT2D eigenvalue weighted by Gasteiger charge is 2.27. The third-order valence-corrected chi connectivity index (χ3v) is 6.95. The summed E-state index contributed by atoms with van der Waals surface area (Å²) >= 11 is 0. The standard InChI is InChI=1S/C26H30N4O2/c31-25-8-2-1-7-23(25)29-26(32)24-16-20(22(17-27-24)19-5-3-6-19)15-18-9-11-21(12-10-18)30-14-4-13-28-30/h4,9-14,16-17,19,23,25,31H,1-3,5-8,15H2,(H,29,32)/t23-,25-/m0/s1. The van der Waals surface area contributed by atoms with Crippen molar-refractivity contribution in [2.45, 2.75) is 69.4 Å². The summed E-state index contributed by atoms with van der Waals surface area (Å²) < 4.78 is 1.85. The number of aliphatic hydroxyl groups is 1. The second-order valence-electron chi connectivity index (χ2n) is 9.12. The van der Waals surface area contributed by atoms with Crippen LogP contribution in [0.25, 0.3) is 5.69 Å². The summed E-state index contributed by atoms with van der Waals surface area (Å²) in [6, 6.07) is 12.1. The fourth-order valence-corrected chi connectivity index (χ4v) is 4.80. The number of aromatic nitrogens is 3. The van der Waals surface area contributed by atoms with Crippen LogP contribution in [-0.4, -0.2) is 37.9 Å². The maximum Gasteiger partial charge on any atom is 0.270 e. The lowest BCUT2D eigenvalue weighted by Crippen LogP contribution is -2.45. The number of pyridine rings is 1. The van der Waals surface area contributed by atoms with Gasteiger partial charge in [0.1, 0.15) is 5.69 Å². The zero-order chi connectivity index (χ0) is 21.9. The first-order valence-corrected chi connectivity index (χ1v) is 11.7. The van der Waals surface area contributed by atoms with E-state index in [1.165, 1.54) is 36.0 Å². The van der Waals surface area contributed by atoms with E-state index in [0.717, 1.165) is 37.8 Å². The molecule has 2 aromatic heterocycles. The Bertz CT molecular complexity index is 1060. The Morgan fingerprint density at radius 1 is 1.09 bits per heavy atom. The van der Waals surface area contributed by atoms with Crippen LogP contribution in [0.5, 0.6) is 0 Å². The molecule has 6 nitrogen and oxygen atoms in total. The van der Waals surface area contributed by atoms with Crippen LogP contribution in [0.15, 0.2) is 55.0 Å². The number of nitrogens with zero attached hydrogens (tertiary/aromatic N) is 3. The van der Waals surface area contributed by atoms with Gasteiger partial charge in [-0.25, -0.2) is 4.68 Å². The Morgan fingerprint density at radius 2 is 1.91 bits per heavy atom. The van der Waals surface area contributed by atoms with Crippen molar-refractivity contribution in [2.24, 2.45) is 0 Å². The first kappa shape index (κ1) is 20.9. The van der Waals surface area contributed by atoms with Crippen molar-refractivity contribution in [3.05, 3.63) is 77.4 Å². The van der Waals surface area contributed by atoms with Crippen molar-refractivity contribution < 1.29 is 9.90 Å².